The molecule has 2 aromatic rings. The fourth-order valence-corrected chi connectivity index (χ4v) is 5.68. The fraction of sp³-hybridized carbons (Fsp3) is 0.520. The maximum atomic E-state index is 11.5. The lowest BCUT2D eigenvalue weighted by Crippen LogP contribution is -2.37. The number of nitrogens with one attached hydrogen (secondary N) is 1. The molecule has 1 aliphatic heterocycles. The number of fused-ring (bicyclic) bond motifs is 2. The van der Waals surface area contributed by atoms with E-state index in [9.17, 15) is 8.42 Å². The van der Waals surface area contributed by atoms with E-state index in [1.165, 1.54) is 46.9 Å². The first kappa shape index (κ1) is 23.2. The highest BCUT2D eigenvalue weighted by atomic mass is 32.2. The largest absolute Gasteiger partial charge is 0.494 e. The molecular formula is C25H35N3O3S. The molecule has 0 amide bonds. The molecule has 7 heteroatoms. The first-order chi connectivity index (χ1) is 15.3. The van der Waals surface area contributed by atoms with Crippen LogP contribution in [-0.4, -0.2) is 51.3 Å². The third kappa shape index (κ3) is 5.70. The summed E-state index contributed by atoms with van der Waals surface area (Å²) in [5.41, 5.74) is 6.59. The molecule has 2 aliphatic rings. The molecule has 6 nitrogen and oxygen atoms in total. The smallest absolute Gasteiger partial charge is 0.221 e. The summed E-state index contributed by atoms with van der Waals surface area (Å²) >= 11 is 0. The van der Waals surface area contributed by atoms with Crippen molar-refractivity contribution in [3.8, 4) is 5.75 Å². The van der Waals surface area contributed by atoms with Crippen LogP contribution in [0.2, 0.25) is 0 Å². The number of sulfonamides is 1. The van der Waals surface area contributed by atoms with Crippen molar-refractivity contribution in [1.29, 1.82) is 0 Å². The maximum absolute atomic E-state index is 11.5. The zero-order chi connectivity index (χ0) is 22.7. The second-order valence-corrected chi connectivity index (χ2v) is 10.9. The molecule has 1 atom stereocenters. The molecule has 0 aromatic heterocycles. The van der Waals surface area contributed by atoms with Gasteiger partial charge in [0.25, 0.3) is 0 Å². The molecule has 1 N–H and O–H groups in total. The van der Waals surface area contributed by atoms with E-state index in [2.05, 4.69) is 53.2 Å². The van der Waals surface area contributed by atoms with Crippen LogP contribution in [0, 0.1) is 0 Å². The lowest BCUT2D eigenvalue weighted by molar-refractivity contribution is 0.249. The highest BCUT2D eigenvalue weighted by molar-refractivity contribution is 7.88. The summed E-state index contributed by atoms with van der Waals surface area (Å²) in [7, 11) is -1.02. The van der Waals surface area contributed by atoms with E-state index in [1.807, 2.05) is 6.92 Å². The number of hydrogen-bond acceptors (Lipinski definition) is 5. The lowest BCUT2D eigenvalue weighted by atomic mass is 9.82. The first-order valence-corrected chi connectivity index (χ1v) is 13.5. The minimum absolute atomic E-state index is 0.555. The van der Waals surface area contributed by atoms with Gasteiger partial charge in [-0.2, -0.15) is 0 Å². The SMILES string of the molecule is CCOc1cccc2c1CCCC2CN(C)CCc1ccc2c(c1)CN(NS(C)(=O)=O)C2. The van der Waals surface area contributed by atoms with Gasteiger partial charge in [0, 0.05) is 26.2 Å². The Labute approximate surface area is 192 Å². The molecule has 0 radical (unpaired) electrons. The Hall–Kier alpha value is -1.93. The second kappa shape index (κ2) is 9.91. The van der Waals surface area contributed by atoms with E-state index in [1.54, 1.807) is 5.01 Å². The minimum atomic E-state index is -3.24. The van der Waals surface area contributed by atoms with Crippen LogP contribution in [0.4, 0.5) is 0 Å². The Morgan fingerprint density at radius 2 is 2.00 bits per heavy atom. The molecule has 2 aromatic carbocycles. The summed E-state index contributed by atoms with van der Waals surface area (Å²) in [6, 6.07) is 13.1. The summed E-state index contributed by atoms with van der Waals surface area (Å²) in [6.07, 6.45) is 5.75. The van der Waals surface area contributed by atoms with Crippen molar-refractivity contribution in [2.45, 2.75) is 51.6 Å². The van der Waals surface area contributed by atoms with Crippen molar-refractivity contribution in [1.82, 2.24) is 14.7 Å². The average Bonchev–Trinajstić information content (AvgIpc) is 3.13. The molecule has 0 spiro atoms. The van der Waals surface area contributed by atoms with Crippen molar-refractivity contribution in [3.05, 3.63) is 64.2 Å². The predicted octanol–water partition coefficient (Wildman–Crippen LogP) is 3.46. The van der Waals surface area contributed by atoms with Crippen molar-refractivity contribution in [2.75, 3.05) is 33.0 Å². The van der Waals surface area contributed by atoms with Gasteiger partial charge in [0.1, 0.15) is 5.75 Å². The number of nitrogens with zero attached hydrogens (tertiary/aromatic N) is 2. The predicted molar refractivity (Wildman–Crippen MR) is 128 cm³/mol. The molecule has 32 heavy (non-hydrogen) atoms. The Morgan fingerprint density at radius 1 is 1.19 bits per heavy atom. The Morgan fingerprint density at radius 3 is 2.78 bits per heavy atom. The zero-order valence-corrected chi connectivity index (χ0v) is 20.2. The van der Waals surface area contributed by atoms with Crippen LogP contribution in [0.5, 0.6) is 5.75 Å². The maximum Gasteiger partial charge on any atom is 0.221 e. The normalized spacial score (nSPS) is 18.6. The van der Waals surface area contributed by atoms with Gasteiger partial charge in [-0.3, -0.25) is 0 Å². The molecule has 0 saturated heterocycles. The summed E-state index contributed by atoms with van der Waals surface area (Å²) in [4.78, 5) is 5.03. The van der Waals surface area contributed by atoms with E-state index in [0.29, 0.717) is 25.6 Å². The van der Waals surface area contributed by atoms with E-state index in [0.717, 1.165) is 31.7 Å². The monoisotopic (exact) mass is 457 g/mol. The van der Waals surface area contributed by atoms with E-state index >= 15 is 0 Å². The zero-order valence-electron chi connectivity index (χ0n) is 19.4. The lowest BCUT2D eigenvalue weighted by Gasteiger charge is -2.30. The summed E-state index contributed by atoms with van der Waals surface area (Å²) < 4.78 is 28.9. The fourth-order valence-electron chi connectivity index (χ4n) is 5.08. The van der Waals surface area contributed by atoms with Crippen LogP contribution < -0.4 is 9.57 Å². The molecule has 0 bridgehead atoms. The Bertz CT molecular complexity index is 1050. The van der Waals surface area contributed by atoms with Crippen LogP contribution in [0.3, 0.4) is 0 Å². The van der Waals surface area contributed by atoms with Crippen LogP contribution in [0.25, 0.3) is 0 Å². The number of hydrazine groups is 1. The van der Waals surface area contributed by atoms with Crippen molar-refractivity contribution in [3.63, 3.8) is 0 Å². The Balaban J connectivity index is 1.34. The van der Waals surface area contributed by atoms with Gasteiger partial charge in [-0.15, -0.1) is 4.83 Å². The van der Waals surface area contributed by atoms with E-state index < -0.39 is 10.0 Å². The molecule has 1 heterocycles. The molecule has 0 saturated carbocycles. The van der Waals surface area contributed by atoms with Gasteiger partial charge in [-0.1, -0.05) is 30.3 Å². The second-order valence-electron chi connectivity index (χ2n) is 9.18. The molecular weight excluding hydrogens is 422 g/mol. The highest BCUT2D eigenvalue weighted by Gasteiger charge is 2.24. The van der Waals surface area contributed by atoms with E-state index in [-0.39, 0.29) is 0 Å². The topological polar surface area (TPSA) is 61.9 Å². The van der Waals surface area contributed by atoms with Gasteiger partial charge in [-0.05, 0) is 79.5 Å². The number of ether oxygens (including phenoxy) is 1. The van der Waals surface area contributed by atoms with Crippen LogP contribution >= 0.6 is 0 Å². The van der Waals surface area contributed by atoms with Gasteiger partial charge < -0.3 is 9.64 Å². The van der Waals surface area contributed by atoms with Crippen molar-refractivity contribution >= 4 is 10.0 Å². The summed E-state index contributed by atoms with van der Waals surface area (Å²) in [6.45, 7) is 6.05. The van der Waals surface area contributed by atoms with Crippen molar-refractivity contribution in [2.24, 2.45) is 0 Å². The number of hydrogen-bond donors (Lipinski definition) is 1. The molecule has 0 fully saturated rings. The van der Waals surface area contributed by atoms with Gasteiger partial charge in [0.2, 0.25) is 10.0 Å². The molecule has 1 unspecified atom stereocenters. The number of benzene rings is 2. The van der Waals surface area contributed by atoms with Crippen LogP contribution in [0.15, 0.2) is 36.4 Å². The third-order valence-corrected chi connectivity index (χ3v) is 7.08. The Kier molecular flexibility index (Phi) is 7.20. The quantitative estimate of drug-likeness (QED) is 0.625. The molecule has 174 valence electrons. The molecule has 4 rings (SSSR count). The van der Waals surface area contributed by atoms with Gasteiger partial charge in [0.15, 0.2) is 0 Å². The van der Waals surface area contributed by atoms with Gasteiger partial charge in [0.05, 0.1) is 12.9 Å². The number of rotatable bonds is 9. The summed E-state index contributed by atoms with van der Waals surface area (Å²) in [5.74, 6) is 1.62. The van der Waals surface area contributed by atoms with Crippen LogP contribution in [-0.2, 0) is 36.0 Å². The van der Waals surface area contributed by atoms with Crippen LogP contribution in [0.1, 0.15) is 53.5 Å². The van der Waals surface area contributed by atoms with Crippen molar-refractivity contribution < 1.29 is 13.2 Å². The number of likely N-dealkylation sites (N-methyl/N-ethyl adjacent to an activating group) is 1. The van der Waals surface area contributed by atoms with Gasteiger partial charge >= 0.3 is 0 Å². The standard InChI is InChI=1S/C25H35N3O3S/c1-4-31-25-10-6-8-23-21(7-5-9-24(23)25)16-27(2)14-13-19-11-12-20-17-28(18-22(20)15-19)26-32(3,29)30/h6,8,10-12,15,21,26H,4-5,7,9,13-14,16-18H2,1-3H3. The average molecular weight is 458 g/mol. The van der Waals surface area contributed by atoms with E-state index in [4.69, 9.17) is 4.74 Å². The third-order valence-electron chi connectivity index (χ3n) is 6.49. The first-order valence-electron chi connectivity index (χ1n) is 11.6. The minimum Gasteiger partial charge on any atom is -0.494 e. The summed E-state index contributed by atoms with van der Waals surface area (Å²) in [5, 5.41) is 1.76. The van der Waals surface area contributed by atoms with Gasteiger partial charge in [-0.25, -0.2) is 13.4 Å². The molecule has 1 aliphatic carbocycles. The highest BCUT2D eigenvalue weighted by Crippen LogP contribution is 2.37.